The van der Waals surface area contributed by atoms with Gasteiger partial charge in [-0.1, -0.05) is 11.6 Å². The molecule has 1 amide bonds. The third-order valence-corrected chi connectivity index (χ3v) is 4.43. The maximum atomic E-state index is 12.4. The summed E-state index contributed by atoms with van der Waals surface area (Å²) in [5.41, 5.74) is 5.75. The molecule has 1 aromatic rings. The summed E-state index contributed by atoms with van der Waals surface area (Å²) in [5.74, 6) is -0.274. The first-order chi connectivity index (χ1) is 8.61. The molecule has 0 heterocycles. The van der Waals surface area contributed by atoms with E-state index in [2.05, 4.69) is 5.32 Å². The standard InChI is InChI=1S/C13H19ClN2O2S/c1-8(12(17)16-13(2,3)4)19(18)11-7-9(15)5-6-10(11)14/h5-8H,15H2,1-4H3,(H,16,17). The number of anilines is 1. The van der Waals surface area contributed by atoms with Gasteiger partial charge in [0.2, 0.25) is 5.91 Å². The summed E-state index contributed by atoms with van der Waals surface area (Å²) in [6, 6.07) is 4.75. The van der Waals surface area contributed by atoms with Gasteiger partial charge >= 0.3 is 0 Å². The van der Waals surface area contributed by atoms with Gasteiger partial charge in [0.15, 0.2) is 0 Å². The molecule has 0 radical (unpaired) electrons. The molecule has 19 heavy (non-hydrogen) atoms. The van der Waals surface area contributed by atoms with Gasteiger partial charge in [0.1, 0.15) is 5.25 Å². The highest BCUT2D eigenvalue weighted by atomic mass is 35.5. The van der Waals surface area contributed by atoms with Crippen LogP contribution in [0.25, 0.3) is 0 Å². The third kappa shape index (κ3) is 4.51. The van der Waals surface area contributed by atoms with Crippen LogP contribution in [0.4, 0.5) is 5.69 Å². The van der Waals surface area contributed by atoms with Crippen molar-refractivity contribution in [2.45, 2.75) is 43.4 Å². The lowest BCUT2D eigenvalue weighted by atomic mass is 10.1. The number of nitrogen functional groups attached to an aromatic ring is 1. The molecule has 2 atom stereocenters. The summed E-state index contributed by atoms with van der Waals surface area (Å²) < 4.78 is 12.4. The lowest BCUT2D eigenvalue weighted by Crippen LogP contribution is -2.46. The van der Waals surface area contributed by atoms with Gasteiger partial charge in [-0.2, -0.15) is 0 Å². The van der Waals surface area contributed by atoms with Crippen LogP contribution >= 0.6 is 11.6 Å². The minimum absolute atomic E-state index is 0.274. The van der Waals surface area contributed by atoms with Gasteiger partial charge in [-0.3, -0.25) is 9.00 Å². The van der Waals surface area contributed by atoms with Gasteiger partial charge in [0.25, 0.3) is 0 Å². The molecule has 1 aromatic carbocycles. The molecule has 106 valence electrons. The Hall–Kier alpha value is -1.07. The molecular weight excluding hydrogens is 284 g/mol. The molecule has 0 aliphatic carbocycles. The number of halogens is 1. The van der Waals surface area contributed by atoms with Crippen molar-refractivity contribution in [3.63, 3.8) is 0 Å². The first-order valence-electron chi connectivity index (χ1n) is 5.89. The van der Waals surface area contributed by atoms with Gasteiger partial charge in [-0.15, -0.1) is 0 Å². The monoisotopic (exact) mass is 302 g/mol. The summed E-state index contributed by atoms with van der Waals surface area (Å²) in [7, 11) is -1.54. The Labute approximate surface area is 121 Å². The molecule has 2 unspecified atom stereocenters. The molecule has 3 N–H and O–H groups in total. The van der Waals surface area contributed by atoms with Gasteiger partial charge in [0.05, 0.1) is 20.7 Å². The molecule has 0 spiro atoms. The zero-order valence-electron chi connectivity index (χ0n) is 11.5. The number of rotatable bonds is 3. The van der Waals surface area contributed by atoms with Gasteiger partial charge in [-0.25, -0.2) is 0 Å². The van der Waals surface area contributed by atoms with Crippen LogP contribution in [0.3, 0.4) is 0 Å². The SMILES string of the molecule is CC(C(=O)NC(C)(C)C)S(=O)c1cc(N)ccc1Cl. The van der Waals surface area contributed by atoms with Crippen LogP contribution in [0.5, 0.6) is 0 Å². The van der Waals surface area contributed by atoms with E-state index in [0.29, 0.717) is 15.6 Å². The second kappa shape index (κ2) is 5.92. The molecule has 6 heteroatoms. The average molecular weight is 303 g/mol. The Balaban J connectivity index is 2.94. The van der Waals surface area contributed by atoms with Crippen LogP contribution < -0.4 is 11.1 Å². The summed E-state index contributed by atoms with van der Waals surface area (Å²) in [6.45, 7) is 7.22. The minimum Gasteiger partial charge on any atom is -0.399 e. The predicted molar refractivity (Wildman–Crippen MR) is 79.6 cm³/mol. The van der Waals surface area contributed by atoms with Crippen LogP contribution in [-0.4, -0.2) is 20.9 Å². The highest BCUT2D eigenvalue weighted by Crippen LogP contribution is 2.24. The molecule has 0 saturated heterocycles. The summed E-state index contributed by atoms with van der Waals surface area (Å²) in [4.78, 5) is 12.4. The van der Waals surface area contributed by atoms with Crippen molar-refractivity contribution in [1.82, 2.24) is 5.32 Å². The number of hydrogen-bond donors (Lipinski definition) is 2. The smallest absolute Gasteiger partial charge is 0.236 e. The topological polar surface area (TPSA) is 72.2 Å². The zero-order valence-corrected chi connectivity index (χ0v) is 13.1. The van der Waals surface area contributed by atoms with E-state index < -0.39 is 16.0 Å². The Kier molecular flexibility index (Phi) is 4.98. The number of carbonyl (C=O) groups is 1. The second-order valence-corrected chi connectivity index (χ2v) is 7.52. The molecule has 0 fully saturated rings. The van der Waals surface area contributed by atoms with Gasteiger partial charge in [0, 0.05) is 11.2 Å². The molecule has 0 aliphatic heterocycles. The fourth-order valence-electron chi connectivity index (χ4n) is 1.43. The number of nitrogens with one attached hydrogen (secondary N) is 1. The average Bonchev–Trinajstić information content (AvgIpc) is 2.28. The number of hydrogen-bond acceptors (Lipinski definition) is 3. The van der Waals surface area contributed by atoms with Crippen LogP contribution in [0.2, 0.25) is 5.02 Å². The summed E-state index contributed by atoms with van der Waals surface area (Å²) in [5, 5.41) is 2.45. The molecule has 0 bridgehead atoms. The van der Waals surface area contributed by atoms with Gasteiger partial charge < -0.3 is 11.1 Å². The highest BCUT2D eigenvalue weighted by molar-refractivity contribution is 7.86. The predicted octanol–water partition coefficient (Wildman–Crippen LogP) is 2.33. The highest BCUT2D eigenvalue weighted by Gasteiger charge is 2.26. The van der Waals surface area contributed by atoms with Crippen molar-refractivity contribution in [3.8, 4) is 0 Å². The maximum Gasteiger partial charge on any atom is 0.236 e. The maximum absolute atomic E-state index is 12.4. The first-order valence-corrected chi connectivity index (χ1v) is 7.48. The summed E-state index contributed by atoms with van der Waals surface area (Å²) >= 11 is 5.99. The fourth-order valence-corrected chi connectivity index (χ4v) is 2.93. The first kappa shape index (κ1) is 16.0. The number of amides is 1. The zero-order chi connectivity index (χ0) is 14.8. The largest absolute Gasteiger partial charge is 0.399 e. The Morgan fingerprint density at radius 1 is 1.42 bits per heavy atom. The normalized spacial score (nSPS) is 14.8. The molecular formula is C13H19ClN2O2S. The van der Waals surface area contributed by atoms with E-state index in [0.717, 1.165) is 0 Å². The molecule has 1 rings (SSSR count). The number of nitrogens with two attached hydrogens (primary N) is 1. The van der Waals surface area contributed by atoms with Crippen molar-refractivity contribution in [3.05, 3.63) is 23.2 Å². The van der Waals surface area contributed by atoms with Crippen molar-refractivity contribution in [1.29, 1.82) is 0 Å². The lowest BCUT2D eigenvalue weighted by molar-refractivity contribution is -0.121. The fraction of sp³-hybridized carbons (Fsp3) is 0.462. The second-order valence-electron chi connectivity index (χ2n) is 5.37. The van der Waals surface area contributed by atoms with Crippen LogP contribution in [-0.2, 0) is 15.6 Å². The van der Waals surface area contributed by atoms with Crippen molar-refractivity contribution in [2.75, 3.05) is 5.73 Å². The van der Waals surface area contributed by atoms with Gasteiger partial charge in [-0.05, 0) is 45.9 Å². The number of carbonyl (C=O) groups excluding carboxylic acids is 1. The third-order valence-electron chi connectivity index (χ3n) is 2.36. The quantitative estimate of drug-likeness (QED) is 0.842. The van der Waals surface area contributed by atoms with E-state index in [1.165, 1.54) is 0 Å². The van der Waals surface area contributed by atoms with E-state index in [-0.39, 0.29) is 11.4 Å². The lowest BCUT2D eigenvalue weighted by Gasteiger charge is -2.23. The molecule has 0 aliphatic rings. The number of benzene rings is 1. The van der Waals surface area contributed by atoms with Crippen LogP contribution in [0, 0.1) is 0 Å². The summed E-state index contributed by atoms with van der Waals surface area (Å²) in [6.07, 6.45) is 0. The Morgan fingerprint density at radius 3 is 2.53 bits per heavy atom. The molecule has 4 nitrogen and oxygen atoms in total. The van der Waals surface area contributed by atoms with E-state index >= 15 is 0 Å². The van der Waals surface area contributed by atoms with Crippen LogP contribution in [0.1, 0.15) is 27.7 Å². The van der Waals surface area contributed by atoms with Crippen molar-refractivity contribution < 1.29 is 9.00 Å². The van der Waals surface area contributed by atoms with E-state index in [1.54, 1.807) is 25.1 Å². The Bertz CT molecular complexity index is 512. The van der Waals surface area contributed by atoms with Crippen molar-refractivity contribution in [2.24, 2.45) is 0 Å². The van der Waals surface area contributed by atoms with E-state index in [9.17, 15) is 9.00 Å². The molecule has 0 saturated carbocycles. The van der Waals surface area contributed by atoms with Crippen LogP contribution in [0.15, 0.2) is 23.1 Å². The Morgan fingerprint density at radius 2 is 2.00 bits per heavy atom. The van der Waals surface area contributed by atoms with E-state index in [1.807, 2.05) is 20.8 Å². The molecule has 0 aromatic heterocycles. The van der Waals surface area contributed by atoms with E-state index in [4.69, 9.17) is 17.3 Å². The van der Waals surface area contributed by atoms with Crippen molar-refractivity contribution >= 4 is 34.0 Å². The minimum atomic E-state index is -1.54.